The van der Waals surface area contributed by atoms with Crippen molar-refractivity contribution in [3.63, 3.8) is 0 Å². The van der Waals surface area contributed by atoms with Gasteiger partial charge in [0.05, 0.1) is 7.11 Å². The van der Waals surface area contributed by atoms with E-state index in [1.54, 1.807) is 19.2 Å². The van der Waals surface area contributed by atoms with E-state index in [2.05, 4.69) is 12.1 Å². The van der Waals surface area contributed by atoms with Gasteiger partial charge in [-0.25, -0.2) is 4.39 Å². The number of rotatable bonds is 6. The number of nitrogens with zero attached hydrogens (tertiary/aromatic N) is 1. The third kappa shape index (κ3) is 4.00. The van der Waals surface area contributed by atoms with Crippen molar-refractivity contribution in [3.05, 3.63) is 65.0 Å². The van der Waals surface area contributed by atoms with Crippen LogP contribution in [0.25, 0.3) is 0 Å². The van der Waals surface area contributed by atoms with E-state index in [9.17, 15) is 9.18 Å². The van der Waals surface area contributed by atoms with Crippen LogP contribution in [0.3, 0.4) is 0 Å². The number of amides is 1. The van der Waals surface area contributed by atoms with Gasteiger partial charge >= 0.3 is 0 Å². The topological polar surface area (TPSA) is 29.5 Å². The third-order valence-corrected chi connectivity index (χ3v) is 5.82. The van der Waals surface area contributed by atoms with Gasteiger partial charge in [-0.15, -0.1) is 0 Å². The maximum Gasteiger partial charge on any atom is 0.223 e. The number of carbonyl (C=O) groups excluding carboxylic acids is 1. The van der Waals surface area contributed by atoms with Crippen LogP contribution in [0.1, 0.15) is 54.7 Å². The lowest BCUT2D eigenvalue weighted by Gasteiger charge is -2.29. The summed E-state index contributed by atoms with van der Waals surface area (Å²) in [6.45, 7) is 0.373. The zero-order valence-electron chi connectivity index (χ0n) is 15.8. The fourth-order valence-corrected chi connectivity index (χ4v) is 4.18. The molecule has 2 aliphatic carbocycles. The molecule has 0 aromatic heterocycles. The molecule has 4 rings (SSSR count). The van der Waals surface area contributed by atoms with Crippen molar-refractivity contribution in [1.29, 1.82) is 0 Å². The molecule has 1 amide bonds. The molecule has 0 saturated heterocycles. The molecule has 1 fully saturated rings. The van der Waals surface area contributed by atoms with Crippen molar-refractivity contribution in [2.24, 2.45) is 0 Å². The van der Waals surface area contributed by atoms with E-state index in [0.717, 1.165) is 37.9 Å². The maximum atomic E-state index is 14.1. The first kappa shape index (κ1) is 18.0. The number of aryl methyl sites for hydroxylation is 1. The molecule has 1 unspecified atom stereocenters. The highest BCUT2D eigenvalue weighted by Gasteiger charge is 2.34. The number of ether oxygens (including phenoxy) is 1. The highest BCUT2D eigenvalue weighted by atomic mass is 19.1. The molecule has 4 heteroatoms. The second-order valence-corrected chi connectivity index (χ2v) is 7.70. The lowest BCUT2D eigenvalue weighted by atomic mass is 9.80. The van der Waals surface area contributed by atoms with Crippen LogP contribution in [0.4, 0.5) is 4.39 Å². The van der Waals surface area contributed by atoms with Crippen LogP contribution < -0.4 is 4.74 Å². The number of halogens is 1. The minimum atomic E-state index is -0.231. The monoisotopic (exact) mass is 367 g/mol. The Morgan fingerprint density at radius 3 is 2.74 bits per heavy atom. The summed E-state index contributed by atoms with van der Waals surface area (Å²) in [5.74, 6) is 1.04. The Morgan fingerprint density at radius 2 is 2.00 bits per heavy atom. The normalized spacial score (nSPS) is 18.7. The molecule has 2 aromatic carbocycles. The molecule has 27 heavy (non-hydrogen) atoms. The highest BCUT2D eigenvalue weighted by molar-refractivity contribution is 5.78. The fourth-order valence-electron chi connectivity index (χ4n) is 4.18. The minimum Gasteiger partial charge on any atom is -0.497 e. The van der Waals surface area contributed by atoms with Crippen LogP contribution in [0, 0.1) is 5.82 Å². The fraction of sp³-hybridized carbons (Fsp3) is 0.435. The second kappa shape index (κ2) is 7.71. The van der Waals surface area contributed by atoms with E-state index in [1.807, 2.05) is 17.0 Å². The lowest BCUT2D eigenvalue weighted by molar-refractivity contribution is -0.133. The third-order valence-electron chi connectivity index (χ3n) is 5.82. The van der Waals surface area contributed by atoms with Crippen molar-refractivity contribution in [2.45, 2.75) is 57.0 Å². The molecule has 0 radical (unpaired) electrons. The van der Waals surface area contributed by atoms with Crippen molar-refractivity contribution in [2.75, 3.05) is 7.11 Å². The SMILES string of the molecule is COc1ccc2c(c1)CCCC2CC(=O)N(Cc1ccccc1F)C1CC1. The molecule has 1 atom stereocenters. The number of hydrogen-bond acceptors (Lipinski definition) is 2. The van der Waals surface area contributed by atoms with Crippen LogP contribution in [0.15, 0.2) is 42.5 Å². The zero-order valence-corrected chi connectivity index (χ0v) is 15.8. The number of hydrogen-bond donors (Lipinski definition) is 0. The Kier molecular flexibility index (Phi) is 5.15. The van der Waals surface area contributed by atoms with Crippen molar-refractivity contribution >= 4 is 5.91 Å². The predicted molar refractivity (Wildman–Crippen MR) is 103 cm³/mol. The van der Waals surface area contributed by atoms with Gasteiger partial charge in [0.2, 0.25) is 5.91 Å². The number of carbonyl (C=O) groups is 1. The van der Waals surface area contributed by atoms with E-state index in [4.69, 9.17) is 4.74 Å². The first-order valence-corrected chi connectivity index (χ1v) is 9.85. The average Bonchev–Trinajstić information content (AvgIpc) is 3.52. The Balaban J connectivity index is 1.50. The van der Waals surface area contributed by atoms with E-state index in [0.29, 0.717) is 18.5 Å². The molecular weight excluding hydrogens is 341 g/mol. The van der Waals surface area contributed by atoms with Gasteiger partial charge in [0, 0.05) is 24.6 Å². The first-order valence-electron chi connectivity index (χ1n) is 9.85. The summed E-state index contributed by atoms with van der Waals surface area (Å²) in [5.41, 5.74) is 3.18. The first-order chi connectivity index (χ1) is 13.2. The molecule has 142 valence electrons. The molecule has 3 nitrogen and oxygen atoms in total. The summed E-state index contributed by atoms with van der Waals surface area (Å²) in [4.78, 5) is 15.0. The molecule has 2 aliphatic rings. The van der Waals surface area contributed by atoms with Crippen molar-refractivity contribution < 1.29 is 13.9 Å². The molecule has 0 aliphatic heterocycles. The van der Waals surface area contributed by atoms with Crippen LogP contribution in [-0.4, -0.2) is 24.0 Å². The van der Waals surface area contributed by atoms with E-state index < -0.39 is 0 Å². The van der Waals surface area contributed by atoms with Gasteiger partial charge in [-0.1, -0.05) is 24.3 Å². The van der Waals surface area contributed by atoms with Crippen LogP contribution in [0.2, 0.25) is 0 Å². The zero-order chi connectivity index (χ0) is 18.8. The smallest absolute Gasteiger partial charge is 0.223 e. The van der Waals surface area contributed by atoms with E-state index in [-0.39, 0.29) is 23.7 Å². The van der Waals surface area contributed by atoms with Gasteiger partial charge in [0.25, 0.3) is 0 Å². The van der Waals surface area contributed by atoms with Crippen LogP contribution in [0.5, 0.6) is 5.75 Å². The summed E-state index contributed by atoms with van der Waals surface area (Å²) < 4.78 is 19.4. The lowest BCUT2D eigenvalue weighted by Crippen LogP contribution is -2.34. The number of methoxy groups -OCH3 is 1. The molecular formula is C23H26FNO2. The molecule has 0 bridgehead atoms. The summed E-state index contributed by atoms with van der Waals surface area (Å²) in [6, 6.07) is 13.2. The summed E-state index contributed by atoms with van der Waals surface area (Å²) >= 11 is 0. The van der Waals surface area contributed by atoms with Gasteiger partial charge in [0.1, 0.15) is 11.6 Å². The Morgan fingerprint density at radius 1 is 1.19 bits per heavy atom. The second-order valence-electron chi connectivity index (χ2n) is 7.70. The van der Waals surface area contributed by atoms with E-state index >= 15 is 0 Å². The minimum absolute atomic E-state index is 0.148. The van der Waals surface area contributed by atoms with E-state index in [1.165, 1.54) is 17.2 Å². The molecule has 0 heterocycles. The maximum absolute atomic E-state index is 14.1. The van der Waals surface area contributed by atoms with Crippen LogP contribution >= 0.6 is 0 Å². The van der Waals surface area contributed by atoms with Gasteiger partial charge in [0.15, 0.2) is 0 Å². The Labute approximate surface area is 160 Å². The molecule has 0 N–H and O–H groups in total. The molecule has 0 spiro atoms. The van der Waals surface area contributed by atoms with Gasteiger partial charge in [-0.3, -0.25) is 4.79 Å². The van der Waals surface area contributed by atoms with Crippen molar-refractivity contribution in [1.82, 2.24) is 4.90 Å². The summed E-state index contributed by atoms with van der Waals surface area (Å²) in [5, 5.41) is 0. The van der Waals surface area contributed by atoms with Crippen LogP contribution in [-0.2, 0) is 17.8 Å². The number of fused-ring (bicyclic) bond motifs is 1. The average molecular weight is 367 g/mol. The quantitative estimate of drug-likeness (QED) is 0.731. The molecule has 1 saturated carbocycles. The predicted octanol–water partition coefficient (Wildman–Crippen LogP) is 4.84. The van der Waals surface area contributed by atoms with Crippen molar-refractivity contribution in [3.8, 4) is 5.75 Å². The van der Waals surface area contributed by atoms with Gasteiger partial charge in [-0.2, -0.15) is 0 Å². The summed E-state index contributed by atoms with van der Waals surface area (Å²) in [7, 11) is 1.68. The van der Waals surface area contributed by atoms with Gasteiger partial charge < -0.3 is 9.64 Å². The largest absolute Gasteiger partial charge is 0.497 e. The standard InChI is InChI=1S/C23H26FNO2/c1-27-20-11-12-21-16(13-20)6-4-7-17(21)14-23(26)25(19-9-10-19)15-18-5-2-3-8-22(18)24/h2-3,5,8,11-13,17,19H,4,6-7,9-10,14-15H2,1H3. The van der Waals surface area contributed by atoms with Gasteiger partial charge in [-0.05, 0) is 67.3 Å². The summed E-state index contributed by atoms with van der Waals surface area (Å²) in [6.07, 6.45) is 5.72. The Hall–Kier alpha value is -2.36. The molecule has 2 aromatic rings. The Bertz CT molecular complexity index is 831. The highest BCUT2D eigenvalue weighted by Crippen LogP contribution is 2.37. The number of benzene rings is 2.